The van der Waals surface area contributed by atoms with Gasteiger partial charge in [-0.2, -0.15) is 0 Å². The zero-order valence-corrected chi connectivity index (χ0v) is 15.5. The fourth-order valence-electron chi connectivity index (χ4n) is 2.50. The third kappa shape index (κ3) is 4.28. The minimum Gasteiger partial charge on any atom is -0.346 e. The van der Waals surface area contributed by atoms with Gasteiger partial charge >= 0.3 is 0 Å². The quantitative estimate of drug-likeness (QED) is 0.618. The molecule has 0 N–H and O–H groups in total. The van der Waals surface area contributed by atoms with Crippen molar-refractivity contribution in [1.29, 1.82) is 0 Å². The summed E-state index contributed by atoms with van der Waals surface area (Å²) < 4.78 is 0. The first kappa shape index (κ1) is 18.1. The van der Waals surface area contributed by atoms with Crippen molar-refractivity contribution in [2.75, 3.05) is 0 Å². The highest BCUT2D eigenvalue weighted by molar-refractivity contribution is 6.46. The summed E-state index contributed by atoms with van der Waals surface area (Å²) in [5.74, 6) is 0. The standard InChI is InChI=1S/C19H34BN/c1-10-16-11-17(12-21(14(2)3)15(16)4)20-13-19(8,9)18(5,6)7/h11-12,14,20H,4,10,13H2,1-3,5-9H3. The number of rotatable bonds is 5. The highest BCUT2D eigenvalue weighted by Crippen LogP contribution is 2.41. The maximum Gasteiger partial charge on any atom is 0.160 e. The molecule has 1 aliphatic rings. The van der Waals surface area contributed by atoms with Gasteiger partial charge in [0.2, 0.25) is 0 Å². The molecule has 0 aromatic heterocycles. The third-order valence-electron chi connectivity index (χ3n) is 5.35. The van der Waals surface area contributed by atoms with Gasteiger partial charge in [-0.1, -0.05) is 66.0 Å². The predicted octanol–water partition coefficient (Wildman–Crippen LogP) is 5.33. The van der Waals surface area contributed by atoms with Gasteiger partial charge in [0.25, 0.3) is 0 Å². The lowest BCUT2D eigenvalue weighted by Gasteiger charge is -2.39. The zero-order valence-electron chi connectivity index (χ0n) is 15.5. The van der Waals surface area contributed by atoms with Crippen molar-refractivity contribution in [3.8, 4) is 0 Å². The number of allylic oxidation sites excluding steroid dienone is 3. The molecule has 1 rings (SSSR count). The summed E-state index contributed by atoms with van der Waals surface area (Å²) >= 11 is 0. The van der Waals surface area contributed by atoms with Crippen molar-refractivity contribution in [1.82, 2.24) is 4.90 Å². The van der Waals surface area contributed by atoms with E-state index >= 15 is 0 Å². The molecule has 0 fully saturated rings. The van der Waals surface area contributed by atoms with E-state index in [0.29, 0.717) is 16.9 Å². The Kier molecular flexibility index (Phi) is 5.58. The smallest absolute Gasteiger partial charge is 0.160 e. The van der Waals surface area contributed by atoms with E-state index in [1.807, 2.05) is 0 Å². The number of hydrogen-bond donors (Lipinski definition) is 0. The molecular formula is C19H34BN. The molecule has 0 aliphatic carbocycles. The van der Waals surface area contributed by atoms with Crippen molar-refractivity contribution in [2.24, 2.45) is 10.8 Å². The van der Waals surface area contributed by atoms with E-state index in [0.717, 1.165) is 13.7 Å². The topological polar surface area (TPSA) is 3.24 Å². The van der Waals surface area contributed by atoms with Gasteiger partial charge in [-0.25, -0.2) is 0 Å². The first-order chi connectivity index (χ1) is 9.49. The van der Waals surface area contributed by atoms with Crippen LogP contribution >= 0.6 is 0 Å². The van der Waals surface area contributed by atoms with Crippen LogP contribution < -0.4 is 0 Å². The van der Waals surface area contributed by atoms with Gasteiger partial charge in [0.05, 0.1) is 0 Å². The molecule has 1 aliphatic heterocycles. The fourth-order valence-corrected chi connectivity index (χ4v) is 2.50. The van der Waals surface area contributed by atoms with Gasteiger partial charge in [0.15, 0.2) is 7.28 Å². The zero-order chi connectivity index (χ0) is 16.4. The molecule has 0 atom stereocenters. The summed E-state index contributed by atoms with van der Waals surface area (Å²) in [4.78, 5) is 2.33. The number of hydrogen-bond acceptors (Lipinski definition) is 1. The molecule has 1 nitrogen and oxygen atoms in total. The molecule has 0 saturated carbocycles. The summed E-state index contributed by atoms with van der Waals surface area (Å²) in [5.41, 5.74) is 4.68. The second kappa shape index (κ2) is 6.46. The summed E-state index contributed by atoms with van der Waals surface area (Å²) in [7, 11) is 1.14. The van der Waals surface area contributed by atoms with E-state index in [-0.39, 0.29) is 0 Å². The Bertz CT molecular complexity index is 447. The van der Waals surface area contributed by atoms with Crippen molar-refractivity contribution < 1.29 is 0 Å². The third-order valence-corrected chi connectivity index (χ3v) is 5.35. The minimum absolute atomic E-state index is 0.334. The van der Waals surface area contributed by atoms with Crippen LogP contribution in [0.5, 0.6) is 0 Å². The van der Waals surface area contributed by atoms with E-state index in [2.05, 4.69) is 79.1 Å². The minimum atomic E-state index is 0.334. The van der Waals surface area contributed by atoms with Gasteiger partial charge in [-0.3, -0.25) is 0 Å². The Hall–Kier alpha value is -0.915. The Morgan fingerprint density at radius 3 is 2.19 bits per heavy atom. The van der Waals surface area contributed by atoms with Crippen molar-refractivity contribution in [2.45, 2.75) is 74.2 Å². The van der Waals surface area contributed by atoms with Crippen molar-refractivity contribution in [3.63, 3.8) is 0 Å². The molecule has 118 valence electrons. The van der Waals surface area contributed by atoms with Gasteiger partial charge in [0, 0.05) is 11.7 Å². The molecular weight excluding hydrogens is 253 g/mol. The largest absolute Gasteiger partial charge is 0.346 e. The van der Waals surface area contributed by atoms with Crippen LogP contribution in [0, 0.1) is 10.8 Å². The summed E-state index contributed by atoms with van der Waals surface area (Å²) in [6, 6.07) is 0.471. The first-order valence-corrected chi connectivity index (χ1v) is 8.38. The fraction of sp³-hybridized carbons (Fsp3) is 0.684. The van der Waals surface area contributed by atoms with Crippen LogP contribution in [0.4, 0.5) is 0 Å². The summed E-state index contributed by atoms with van der Waals surface area (Å²) in [6.45, 7) is 22.8. The predicted molar refractivity (Wildman–Crippen MR) is 97.8 cm³/mol. The summed E-state index contributed by atoms with van der Waals surface area (Å²) in [6.07, 6.45) is 6.95. The second-order valence-corrected chi connectivity index (χ2v) is 8.31. The monoisotopic (exact) mass is 287 g/mol. The lowest BCUT2D eigenvalue weighted by Crippen LogP contribution is -2.32. The molecule has 2 heteroatoms. The molecule has 1 heterocycles. The molecule has 0 bridgehead atoms. The first-order valence-electron chi connectivity index (χ1n) is 8.38. The van der Waals surface area contributed by atoms with Crippen LogP contribution in [0.2, 0.25) is 6.32 Å². The maximum absolute atomic E-state index is 4.26. The van der Waals surface area contributed by atoms with E-state index in [1.54, 1.807) is 0 Å². The molecule has 0 radical (unpaired) electrons. The van der Waals surface area contributed by atoms with Gasteiger partial charge in [-0.15, -0.1) is 0 Å². The maximum atomic E-state index is 4.26. The summed E-state index contributed by atoms with van der Waals surface area (Å²) in [5, 5.41) is 0. The van der Waals surface area contributed by atoms with E-state index in [1.165, 1.54) is 23.1 Å². The normalized spacial score (nSPS) is 17.0. The van der Waals surface area contributed by atoms with E-state index in [4.69, 9.17) is 0 Å². The van der Waals surface area contributed by atoms with Crippen LogP contribution in [-0.2, 0) is 0 Å². The Balaban J connectivity index is 2.90. The van der Waals surface area contributed by atoms with Crippen molar-refractivity contribution in [3.05, 3.63) is 35.6 Å². The van der Waals surface area contributed by atoms with Crippen LogP contribution in [0.1, 0.15) is 61.8 Å². The lowest BCUT2D eigenvalue weighted by molar-refractivity contribution is 0.156. The molecule has 0 aromatic rings. The van der Waals surface area contributed by atoms with Crippen LogP contribution in [0.25, 0.3) is 0 Å². The van der Waals surface area contributed by atoms with Gasteiger partial charge < -0.3 is 4.90 Å². The Morgan fingerprint density at radius 1 is 1.19 bits per heavy atom. The van der Waals surface area contributed by atoms with Crippen LogP contribution in [0.15, 0.2) is 35.6 Å². The van der Waals surface area contributed by atoms with E-state index < -0.39 is 0 Å². The van der Waals surface area contributed by atoms with Gasteiger partial charge in [0.1, 0.15) is 0 Å². The highest BCUT2D eigenvalue weighted by Gasteiger charge is 2.32. The lowest BCUT2D eigenvalue weighted by atomic mass is 9.53. The molecule has 0 aromatic carbocycles. The SMILES string of the molecule is C=C1C(CC)=CC(BCC(C)(C)C(C)(C)C)=CN1C(C)C. The van der Waals surface area contributed by atoms with Gasteiger partial charge in [-0.05, 0) is 42.9 Å². The Morgan fingerprint density at radius 2 is 1.76 bits per heavy atom. The molecule has 0 amide bonds. The molecule has 0 saturated heterocycles. The molecule has 21 heavy (non-hydrogen) atoms. The van der Waals surface area contributed by atoms with E-state index in [9.17, 15) is 0 Å². The Labute approximate surface area is 133 Å². The average Bonchev–Trinajstić information content (AvgIpc) is 2.35. The molecule has 0 unspecified atom stereocenters. The van der Waals surface area contributed by atoms with Crippen LogP contribution in [-0.4, -0.2) is 18.2 Å². The van der Waals surface area contributed by atoms with Crippen LogP contribution in [0.3, 0.4) is 0 Å². The highest BCUT2D eigenvalue weighted by atomic mass is 15.1. The second-order valence-electron chi connectivity index (χ2n) is 8.31. The molecule has 0 spiro atoms. The number of nitrogens with zero attached hydrogens (tertiary/aromatic N) is 1. The average molecular weight is 287 g/mol. The van der Waals surface area contributed by atoms with Crippen molar-refractivity contribution >= 4 is 7.28 Å².